The number of nitrogens with one attached hydrogen (secondary N) is 3. The van der Waals surface area contributed by atoms with E-state index in [1.165, 1.54) is 17.5 Å². The van der Waals surface area contributed by atoms with E-state index in [2.05, 4.69) is 30.3 Å². The normalized spacial score (nSPS) is 10.9. The lowest BCUT2D eigenvalue weighted by Gasteiger charge is -2.18. The van der Waals surface area contributed by atoms with Crippen LogP contribution in [0.15, 0.2) is 47.8 Å². The van der Waals surface area contributed by atoms with Gasteiger partial charge in [-0.3, -0.25) is 4.79 Å². The summed E-state index contributed by atoms with van der Waals surface area (Å²) in [6.45, 7) is 0. The van der Waals surface area contributed by atoms with Crippen molar-refractivity contribution >= 4 is 57.5 Å². The van der Waals surface area contributed by atoms with Gasteiger partial charge < -0.3 is 25.6 Å². The number of hydrogen-bond donors (Lipinski definition) is 3. The van der Waals surface area contributed by atoms with Crippen LogP contribution in [0.3, 0.4) is 0 Å². The minimum atomic E-state index is -4.81. The molecule has 3 N–H and O–H groups in total. The number of aromatic nitrogens is 2. The Labute approximate surface area is 190 Å². The number of alkyl halides is 3. The Morgan fingerprint density at radius 1 is 1.03 bits per heavy atom. The summed E-state index contributed by atoms with van der Waals surface area (Å²) < 4.78 is 45.5. The van der Waals surface area contributed by atoms with Crippen molar-refractivity contribution in [2.75, 3.05) is 34.9 Å². The highest BCUT2D eigenvalue weighted by Gasteiger charge is 2.31. The van der Waals surface area contributed by atoms with Crippen LogP contribution in [0.5, 0.6) is 5.75 Å². The molecule has 0 fully saturated rings. The maximum atomic E-state index is 12.6. The Morgan fingerprint density at radius 2 is 1.66 bits per heavy atom. The van der Waals surface area contributed by atoms with Crippen LogP contribution in [0.2, 0.25) is 0 Å². The summed E-state index contributed by atoms with van der Waals surface area (Å²) in [4.78, 5) is 13.6. The summed E-state index contributed by atoms with van der Waals surface area (Å²) in [6, 6.07) is 10.8. The number of benzene rings is 2. The molecule has 3 aromatic rings. The standard InChI is InChI=1S/C19H17F3N6O2S2/c1-28(2)14-7-13(8-15(9-14)30-19(20,21)22)25-18(31)24-12-5-3-11(4-6-12)23-17(29)16-10-32-27-26-16/h3-10H,1-2H3,(H,23,29)(H2,24,25,31). The summed E-state index contributed by atoms with van der Waals surface area (Å²) in [5, 5.41) is 13.8. The predicted molar refractivity (Wildman–Crippen MR) is 122 cm³/mol. The number of anilines is 4. The molecule has 0 bridgehead atoms. The van der Waals surface area contributed by atoms with Crippen molar-refractivity contribution in [1.29, 1.82) is 0 Å². The summed E-state index contributed by atoms with van der Waals surface area (Å²) in [5.74, 6) is -0.751. The van der Waals surface area contributed by atoms with Crippen LogP contribution in [0.1, 0.15) is 10.5 Å². The van der Waals surface area contributed by atoms with Crippen molar-refractivity contribution in [3.8, 4) is 5.75 Å². The van der Waals surface area contributed by atoms with Gasteiger partial charge in [-0.05, 0) is 54.1 Å². The van der Waals surface area contributed by atoms with Gasteiger partial charge in [0.05, 0.1) is 0 Å². The molecule has 0 aliphatic heterocycles. The van der Waals surface area contributed by atoms with Gasteiger partial charge >= 0.3 is 6.36 Å². The topological polar surface area (TPSA) is 91.4 Å². The summed E-state index contributed by atoms with van der Waals surface area (Å²) >= 11 is 6.33. The number of rotatable bonds is 6. The fraction of sp³-hybridized carbons (Fsp3) is 0.158. The van der Waals surface area contributed by atoms with E-state index in [9.17, 15) is 18.0 Å². The molecule has 2 aromatic carbocycles. The molecule has 3 rings (SSSR count). The van der Waals surface area contributed by atoms with Crippen LogP contribution in [-0.4, -0.2) is 41.1 Å². The zero-order valence-electron chi connectivity index (χ0n) is 16.7. The molecule has 0 atom stereocenters. The van der Waals surface area contributed by atoms with E-state index in [4.69, 9.17) is 12.2 Å². The molecular formula is C19H17F3N6O2S2. The third-order valence-corrected chi connectivity index (χ3v) is 4.60. The molecule has 1 amide bonds. The predicted octanol–water partition coefficient (Wildman–Crippen LogP) is 4.56. The van der Waals surface area contributed by atoms with Gasteiger partial charge in [-0.15, -0.1) is 18.3 Å². The van der Waals surface area contributed by atoms with Crippen molar-refractivity contribution in [3.63, 3.8) is 0 Å². The van der Waals surface area contributed by atoms with Crippen LogP contribution in [-0.2, 0) is 0 Å². The first-order valence-electron chi connectivity index (χ1n) is 8.94. The molecule has 1 heterocycles. The molecule has 13 heteroatoms. The van der Waals surface area contributed by atoms with Gasteiger partial charge in [0.25, 0.3) is 5.91 Å². The monoisotopic (exact) mass is 482 g/mol. The Balaban J connectivity index is 1.64. The van der Waals surface area contributed by atoms with Crippen LogP contribution >= 0.6 is 23.8 Å². The number of nitrogens with zero attached hydrogens (tertiary/aromatic N) is 3. The third kappa shape index (κ3) is 6.78. The highest BCUT2D eigenvalue weighted by atomic mass is 32.1. The van der Waals surface area contributed by atoms with Gasteiger partial charge in [-0.25, -0.2) is 0 Å². The van der Waals surface area contributed by atoms with Gasteiger partial charge in [0, 0.05) is 54.4 Å². The van der Waals surface area contributed by atoms with Crippen LogP contribution in [0.4, 0.5) is 35.9 Å². The molecule has 0 radical (unpaired) electrons. The van der Waals surface area contributed by atoms with Gasteiger partial charge in [-0.2, -0.15) is 0 Å². The molecule has 1 aromatic heterocycles. The van der Waals surface area contributed by atoms with Gasteiger partial charge in [-0.1, -0.05) is 4.49 Å². The second-order valence-electron chi connectivity index (χ2n) is 6.56. The fourth-order valence-electron chi connectivity index (χ4n) is 2.50. The summed E-state index contributed by atoms with van der Waals surface area (Å²) in [5.41, 5.74) is 2.17. The van der Waals surface area contributed by atoms with Crippen LogP contribution < -0.4 is 25.6 Å². The van der Waals surface area contributed by atoms with Gasteiger partial charge in [0.2, 0.25) is 0 Å². The first kappa shape index (κ1) is 23.2. The summed E-state index contributed by atoms with van der Waals surface area (Å²) in [7, 11) is 3.39. The highest BCUT2D eigenvalue weighted by molar-refractivity contribution is 7.80. The lowest BCUT2D eigenvalue weighted by atomic mass is 10.2. The molecule has 0 saturated carbocycles. The third-order valence-electron chi connectivity index (χ3n) is 3.89. The van der Waals surface area contributed by atoms with Crippen molar-refractivity contribution in [2.45, 2.75) is 6.36 Å². The molecule has 168 valence electrons. The Bertz CT molecular complexity index is 1090. The van der Waals surface area contributed by atoms with E-state index >= 15 is 0 Å². The number of ether oxygens (including phenoxy) is 1. The molecule has 0 saturated heterocycles. The molecule has 0 spiro atoms. The lowest BCUT2D eigenvalue weighted by molar-refractivity contribution is -0.274. The van der Waals surface area contributed by atoms with Crippen molar-refractivity contribution < 1.29 is 22.7 Å². The number of carbonyl (C=O) groups is 1. The van der Waals surface area contributed by atoms with Crippen LogP contribution in [0.25, 0.3) is 0 Å². The molecule has 0 aliphatic rings. The Morgan fingerprint density at radius 3 is 2.22 bits per heavy atom. The van der Waals surface area contributed by atoms with E-state index in [0.717, 1.165) is 11.5 Å². The Hall–Kier alpha value is -3.45. The largest absolute Gasteiger partial charge is 0.573 e. The molecule has 8 nitrogen and oxygen atoms in total. The second kappa shape index (κ2) is 9.78. The van der Waals surface area contributed by atoms with Gasteiger partial charge in [0.1, 0.15) is 5.75 Å². The van der Waals surface area contributed by atoms with E-state index < -0.39 is 6.36 Å². The highest BCUT2D eigenvalue weighted by Crippen LogP contribution is 2.30. The van der Waals surface area contributed by atoms with E-state index in [1.807, 2.05) is 0 Å². The lowest BCUT2D eigenvalue weighted by Crippen LogP contribution is -2.21. The first-order chi connectivity index (χ1) is 15.1. The fourth-order valence-corrected chi connectivity index (χ4v) is 3.17. The number of carbonyl (C=O) groups excluding carboxylic acids is 1. The average Bonchev–Trinajstić information content (AvgIpc) is 3.23. The molecule has 32 heavy (non-hydrogen) atoms. The number of amides is 1. The van der Waals surface area contributed by atoms with Crippen molar-refractivity contribution in [1.82, 2.24) is 9.59 Å². The molecular weight excluding hydrogens is 465 g/mol. The SMILES string of the molecule is CN(C)c1cc(NC(=S)Nc2ccc(NC(=O)c3csnn3)cc2)cc(OC(F)(F)F)c1. The number of thiocarbonyl (C=S) groups is 1. The second-order valence-corrected chi connectivity index (χ2v) is 7.58. The van der Waals surface area contributed by atoms with Crippen molar-refractivity contribution in [2.24, 2.45) is 0 Å². The maximum Gasteiger partial charge on any atom is 0.573 e. The number of halogens is 3. The Kier molecular flexibility index (Phi) is 7.10. The zero-order chi connectivity index (χ0) is 23.3. The minimum absolute atomic E-state index is 0.157. The van der Waals surface area contributed by atoms with Gasteiger partial charge in [0.15, 0.2) is 10.8 Å². The van der Waals surface area contributed by atoms with E-state index in [1.54, 1.807) is 49.3 Å². The zero-order valence-corrected chi connectivity index (χ0v) is 18.4. The van der Waals surface area contributed by atoms with Crippen LogP contribution in [0, 0.1) is 0 Å². The smallest absolute Gasteiger partial charge is 0.406 e. The minimum Gasteiger partial charge on any atom is -0.406 e. The number of hydrogen-bond acceptors (Lipinski definition) is 7. The first-order valence-corrected chi connectivity index (χ1v) is 10.2. The molecule has 0 unspecified atom stereocenters. The van der Waals surface area contributed by atoms with Crippen molar-refractivity contribution in [3.05, 3.63) is 53.5 Å². The summed E-state index contributed by atoms with van der Waals surface area (Å²) in [6.07, 6.45) is -4.81. The van der Waals surface area contributed by atoms with E-state index in [0.29, 0.717) is 22.7 Å². The van der Waals surface area contributed by atoms with E-state index in [-0.39, 0.29) is 22.5 Å². The molecule has 0 aliphatic carbocycles. The quantitative estimate of drug-likeness (QED) is 0.441. The maximum absolute atomic E-state index is 12.6. The average molecular weight is 483 g/mol.